The smallest absolute Gasteiger partial charge is 0.413 e. The van der Waals surface area contributed by atoms with Gasteiger partial charge >= 0.3 is 6.09 Å². The van der Waals surface area contributed by atoms with Gasteiger partial charge in [-0.1, -0.05) is 17.8 Å². The fraction of sp³-hybridized carbons (Fsp3) is 0.333. The van der Waals surface area contributed by atoms with E-state index >= 15 is 0 Å². The van der Waals surface area contributed by atoms with Crippen LogP contribution in [0.25, 0.3) is 11.4 Å². The molecule has 0 aliphatic carbocycles. The van der Waals surface area contributed by atoms with Crippen LogP contribution in [0.15, 0.2) is 34.6 Å². The molecule has 0 aliphatic heterocycles. The van der Waals surface area contributed by atoms with Crippen LogP contribution in [-0.4, -0.2) is 39.1 Å². The Kier molecular flexibility index (Phi) is 5.80. The molecule has 0 fully saturated rings. The number of furan rings is 1. The number of rotatable bonds is 6. The molecule has 0 aliphatic rings. The topological polar surface area (TPSA) is 99.2 Å². The Labute approximate surface area is 143 Å². The Morgan fingerprint density at radius 2 is 2.29 bits per heavy atom. The standard InChI is InChI=1S/C15H18N4O4S/c1-5-7-19-12(11-6-8-23-9(11)2)17-18-14(19)24-10(3)13(20)16-15(21)22-4/h5-6,8,10H,1,7H2,2-4H3,(H,16,20,21)/t10-/m1/s1. The van der Waals surface area contributed by atoms with Crippen LogP contribution in [0.3, 0.4) is 0 Å². The summed E-state index contributed by atoms with van der Waals surface area (Å²) in [5.74, 6) is 0.881. The second-order valence-electron chi connectivity index (χ2n) is 4.84. The van der Waals surface area contributed by atoms with Crippen molar-refractivity contribution in [1.29, 1.82) is 0 Å². The molecule has 2 aromatic rings. The van der Waals surface area contributed by atoms with Crippen molar-refractivity contribution in [1.82, 2.24) is 20.1 Å². The van der Waals surface area contributed by atoms with Crippen LogP contribution < -0.4 is 5.32 Å². The number of hydrogen-bond donors (Lipinski definition) is 1. The van der Waals surface area contributed by atoms with Crippen LogP contribution >= 0.6 is 11.8 Å². The molecule has 8 nitrogen and oxygen atoms in total. The SMILES string of the molecule is C=CCn1c(S[C@H](C)C(=O)NC(=O)OC)nnc1-c1ccoc1C. The Bertz CT molecular complexity index is 752. The summed E-state index contributed by atoms with van der Waals surface area (Å²) in [6, 6.07) is 1.81. The molecule has 1 atom stereocenters. The lowest BCUT2D eigenvalue weighted by Gasteiger charge is -2.11. The van der Waals surface area contributed by atoms with E-state index in [1.54, 1.807) is 25.3 Å². The van der Waals surface area contributed by atoms with Crippen LogP contribution in [0.1, 0.15) is 12.7 Å². The molecule has 9 heteroatoms. The number of methoxy groups -OCH3 is 1. The molecule has 2 amide bonds. The van der Waals surface area contributed by atoms with E-state index in [-0.39, 0.29) is 0 Å². The van der Waals surface area contributed by atoms with Gasteiger partial charge in [-0.15, -0.1) is 16.8 Å². The monoisotopic (exact) mass is 350 g/mol. The lowest BCUT2D eigenvalue weighted by molar-refractivity contribution is -0.119. The number of imide groups is 1. The maximum atomic E-state index is 12.0. The van der Waals surface area contributed by atoms with Gasteiger partial charge in [0.2, 0.25) is 5.91 Å². The van der Waals surface area contributed by atoms with Gasteiger partial charge in [-0.05, 0) is 19.9 Å². The number of thioether (sulfide) groups is 1. The summed E-state index contributed by atoms with van der Waals surface area (Å²) in [6.07, 6.45) is 2.50. The van der Waals surface area contributed by atoms with Crippen molar-refractivity contribution in [2.24, 2.45) is 0 Å². The molecule has 0 bridgehead atoms. The third-order valence-corrected chi connectivity index (χ3v) is 4.27. The fourth-order valence-electron chi connectivity index (χ4n) is 1.95. The molecule has 0 radical (unpaired) electrons. The second kappa shape index (κ2) is 7.82. The summed E-state index contributed by atoms with van der Waals surface area (Å²) in [6.45, 7) is 7.71. The Balaban J connectivity index is 2.23. The van der Waals surface area contributed by atoms with E-state index in [4.69, 9.17) is 4.42 Å². The first-order chi connectivity index (χ1) is 11.5. The van der Waals surface area contributed by atoms with Crippen LogP contribution in [0, 0.1) is 6.92 Å². The number of aromatic nitrogens is 3. The molecule has 2 heterocycles. The Morgan fingerprint density at radius 1 is 1.54 bits per heavy atom. The number of alkyl carbamates (subject to hydrolysis) is 1. The summed E-state index contributed by atoms with van der Waals surface area (Å²) < 4.78 is 11.6. The van der Waals surface area contributed by atoms with E-state index in [9.17, 15) is 9.59 Å². The van der Waals surface area contributed by atoms with Gasteiger partial charge in [0.25, 0.3) is 0 Å². The van der Waals surface area contributed by atoms with Gasteiger partial charge in [-0.3, -0.25) is 14.7 Å². The van der Waals surface area contributed by atoms with Gasteiger partial charge in [-0.2, -0.15) is 0 Å². The quantitative estimate of drug-likeness (QED) is 0.631. The number of nitrogens with one attached hydrogen (secondary N) is 1. The minimum Gasteiger partial charge on any atom is -0.469 e. The molecule has 1 N–H and O–H groups in total. The number of ether oxygens (including phenoxy) is 1. The Hall–Kier alpha value is -2.55. The second-order valence-corrected chi connectivity index (χ2v) is 6.14. The van der Waals surface area contributed by atoms with Crippen molar-refractivity contribution in [2.45, 2.75) is 30.8 Å². The van der Waals surface area contributed by atoms with Crippen LogP contribution in [0.5, 0.6) is 0 Å². The van der Waals surface area contributed by atoms with E-state index < -0.39 is 17.3 Å². The highest BCUT2D eigenvalue weighted by atomic mass is 32.2. The molecular formula is C15H18N4O4S. The van der Waals surface area contributed by atoms with Crippen molar-refractivity contribution in [3.63, 3.8) is 0 Å². The molecule has 24 heavy (non-hydrogen) atoms. The normalized spacial score (nSPS) is 11.8. The molecule has 0 saturated heterocycles. The van der Waals surface area contributed by atoms with Gasteiger partial charge in [-0.25, -0.2) is 4.79 Å². The highest BCUT2D eigenvalue weighted by molar-refractivity contribution is 8.00. The van der Waals surface area contributed by atoms with Crippen molar-refractivity contribution < 1.29 is 18.7 Å². The zero-order valence-corrected chi connectivity index (χ0v) is 14.4. The number of amides is 2. The maximum Gasteiger partial charge on any atom is 0.413 e. The minimum atomic E-state index is -0.797. The van der Waals surface area contributed by atoms with Gasteiger partial charge in [0, 0.05) is 6.54 Å². The van der Waals surface area contributed by atoms with Crippen LogP contribution in [0.2, 0.25) is 0 Å². The largest absolute Gasteiger partial charge is 0.469 e. The molecule has 128 valence electrons. The number of aryl methyl sites for hydroxylation is 1. The zero-order valence-electron chi connectivity index (χ0n) is 13.6. The van der Waals surface area contributed by atoms with Gasteiger partial charge in [0.1, 0.15) is 5.76 Å². The number of allylic oxidation sites excluding steroid dienone is 1. The summed E-state index contributed by atoms with van der Waals surface area (Å²) >= 11 is 1.19. The third-order valence-electron chi connectivity index (χ3n) is 3.19. The lowest BCUT2D eigenvalue weighted by Crippen LogP contribution is -2.36. The van der Waals surface area contributed by atoms with Gasteiger partial charge in [0.05, 0.1) is 24.2 Å². The molecular weight excluding hydrogens is 332 g/mol. The number of carbonyl (C=O) groups is 2. The van der Waals surface area contributed by atoms with E-state index in [2.05, 4.69) is 26.8 Å². The summed E-state index contributed by atoms with van der Waals surface area (Å²) in [5.41, 5.74) is 0.822. The van der Waals surface area contributed by atoms with E-state index in [0.717, 1.165) is 11.3 Å². The number of carbonyl (C=O) groups excluding carboxylic acids is 2. The van der Waals surface area contributed by atoms with Gasteiger partial charge in [0.15, 0.2) is 11.0 Å². The zero-order chi connectivity index (χ0) is 17.7. The summed E-state index contributed by atoms with van der Waals surface area (Å²) in [4.78, 5) is 23.1. The first-order valence-electron chi connectivity index (χ1n) is 7.12. The number of hydrogen-bond acceptors (Lipinski definition) is 7. The Morgan fingerprint density at radius 3 is 2.88 bits per heavy atom. The first kappa shape index (κ1) is 17.8. The van der Waals surface area contributed by atoms with Gasteiger partial charge < -0.3 is 9.15 Å². The molecule has 0 aromatic carbocycles. The molecule has 0 unspecified atom stereocenters. The molecule has 0 spiro atoms. The summed E-state index contributed by atoms with van der Waals surface area (Å²) in [7, 11) is 1.20. The average molecular weight is 350 g/mol. The third kappa shape index (κ3) is 3.85. The van der Waals surface area contributed by atoms with Crippen molar-refractivity contribution in [3.8, 4) is 11.4 Å². The average Bonchev–Trinajstić information content (AvgIpc) is 3.14. The van der Waals surface area contributed by atoms with Crippen molar-refractivity contribution in [3.05, 3.63) is 30.7 Å². The fourth-order valence-corrected chi connectivity index (χ4v) is 2.81. The molecule has 2 aromatic heterocycles. The van der Waals surface area contributed by atoms with E-state index in [1.165, 1.54) is 18.9 Å². The van der Waals surface area contributed by atoms with Crippen LogP contribution in [0.4, 0.5) is 4.79 Å². The molecule has 0 saturated carbocycles. The van der Waals surface area contributed by atoms with E-state index in [0.29, 0.717) is 17.5 Å². The highest BCUT2D eigenvalue weighted by Crippen LogP contribution is 2.29. The van der Waals surface area contributed by atoms with Crippen molar-refractivity contribution in [2.75, 3.05) is 7.11 Å². The molecule has 2 rings (SSSR count). The predicted octanol–water partition coefficient (Wildman–Crippen LogP) is 2.40. The number of nitrogens with zero attached hydrogens (tertiary/aromatic N) is 3. The minimum absolute atomic E-state index is 0.471. The first-order valence-corrected chi connectivity index (χ1v) is 8.00. The lowest BCUT2D eigenvalue weighted by atomic mass is 10.2. The van der Waals surface area contributed by atoms with E-state index in [1.807, 2.05) is 11.5 Å². The maximum absolute atomic E-state index is 12.0. The van der Waals surface area contributed by atoms with Crippen molar-refractivity contribution >= 4 is 23.8 Å². The van der Waals surface area contributed by atoms with Crippen LogP contribution in [-0.2, 0) is 16.1 Å². The summed E-state index contributed by atoms with van der Waals surface area (Å²) in [5, 5.41) is 10.4. The highest BCUT2D eigenvalue weighted by Gasteiger charge is 2.22. The predicted molar refractivity (Wildman–Crippen MR) is 88.5 cm³/mol.